The van der Waals surface area contributed by atoms with Crippen molar-refractivity contribution in [2.45, 2.75) is 57.2 Å². The van der Waals surface area contributed by atoms with Crippen molar-refractivity contribution in [1.82, 2.24) is 14.8 Å². The Kier molecular flexibility index (Phi) is 11.2. The van der Waals surface area contributed by atoms with Crippen molar-refractivity contribution in [3.8, 4) is 11.5 Å². The van der Waals surface area contributed by atoms with E-state index < -0.39 is 12.0 Å². The van der Waals surface area contributed by atoms with Crippen LogP contribution in [0.4, 0.5) is 5.95 Å². The zero-order valence-corrected chi connectivity index (χ0v) is 28.2. The van der Waals surface area contributed by atoms with Crippen LogP contribution in [-0.2, 0) is 21.9 Å². The molecule has 3 aromatic carbocycles. The van der Waals surface area contributed by atoms with Crippen molar-refractivity contribution < 1.29 is 19.0 Å². The van der Waals surface area contributed by atoms with Crippen LogP contribution in [0.1, 0.15) is 56.3 Å². The fourth-order valence-electron chi connectivity index (χ4n) is 4.79. The first-order valence-corrected chi connectivity index (χ1v) is 16.7. The Labute approximate surface area is 282 Å². The summed E-state index contributed by atoms with van der Waals surface area (Å²) in [4.78, 5) is 18.3. The number of allylic oxidation sites excluding steroid dienone is 1. The van der Waals surface area contributed by atoms with Crippen molar-refractivity contribution in [3.05, 3.63) is 104 Å². The van der Waals surface area contributed by atoms with Gasteiger partial charge in [-0.2, -0.15) is 4.98 Å². The predicted octanol–water partition coefficient (Wildman–Crippen LogP) is 9.14. The number of nitrogens with zero attached hydrogens (tertiary/aromatic N) is 3. The van der Waals surface area contributed by atoms with E-state index in [-0.39, 0.29) is 6.61 Å². The third kappa shape index (κ3) is 7.90. The van der Waals surface area contributed by atoms with Gasteiger partial charge in [0.2, 0.25) is 11.1 Å². The van der Waals surface area contributed by atoms with E-state index in [0.29, 0.717) is 67.9 Å². The minimum atomic E-state index is -0.628. The van der Waals surface area contributed by atoms with Gasteiger partial charge in [0.25, 0.3) is 0 Å². The number of anilines is 1. The van der Waals surface area contributed by atoms with E-state index >= 15 is 0 Å². The van der Waals surface area contributed by atoms with Crippen molar-refractivity contribution in [2.24, 2.45) is 0 Å². The fraction of sp³-hybridized carbons (Fsp3) is 0.303. The van der Waals surface area contributed by atoms with E-state index in [1.54, 1.807) is 16.8 Å². The number of carbonyl (C=O) groups is 1. The number of unbranched alkanes of at least 4 members (excludes halogenated alkanes) is 1. The van der Waals surface area contributed by atoms with Gasteiger partial charge in [-0.15, -0.1) is 5.10 Å². The molecule has 4 aromatic rings. The molecule has 45 heavy (non-hydrogen) atoms. The van der Waals surface area contributed by atoms with E-state index in [4.69, 9.17) is 59.1 Å². The molecule has 0 aliphatic carbocycles. The standard InChI is InChI=1S/C33H33Cl3N4O4S/c1-4-6-15-43-31(41)29-20(3)37-32-38-33(45-19-23-9-7-8-10-25(23)35)39-40(32)30(29)21-12-14-27(28(16-21)42-5-2)44-18-22-11-13-24(34)17-26(22)36/h7-14,16-17,30H,4-6,15,18-19H2,1-3H3,(H,37,38,39). The molecular formula is C33H33Cl3N4O4S. The van der Waals surface area contributed by atoms with Crippen LogP contribution in [0.3, 0.4) is 0 Å². The van der Waals surface area contributed by atoms with Crippen LogP contribution in [0, 0.1) is 0 Å². The smallest absolute Gasteiger partial charge is 0.338 e. The van der Waals surface area contributed by atoms with Gasteiger partial charge in [-0.3, -0.25) is 0 Å². The molecule has 1 unspecified atom stereocenters. The van der Waals surface area contributed by atoms with Gasteiger partial charge in [0.1, 0.15) is 12.6 Å². The molecule has 1 aromatic heterocycles. The quantitative estimate of drug-likeness (QED) is 0.0846. The van der Waals surface area contributed by atoms with Crippen molar-refractivity contribution >= 4 is 58.5 Å². The molecule has 0 saturated heterocycles. The maximum atomic E-state index is 13.5. The van der Waals surface area contributed by atoms with Crippen molar-refractivity contribution in [3.63, 3.8) is 0 Å². The summed E-state index contributed by atoms with van der Waals surface area (Å²) in [6.07, 6.45) is 1.68. The molecular weight excluding hydrogens is 655 g/mol. The summed E-state index contributed by atoms with van der Waals surface area (Å²) in [5.74, 6) is 1.73. The molecule has 5 rings (SSSR count). The number of aromatic nitrogens is 3. The summed E-state index contributed by atoms with van der Waals surface area (Å²) in [7, 11) is 0. The first-order valence-electron chi connectivity index (χ1n) is 14.6. The highest BCUT2D eigenvalue weighted by Crippen LogP contribution is 2.40. The molecule has 0 fully saturated rings. The average Bonchev–Trinajstić information content (AvgIpc) is 3.42. The van der Waals surface area contributed by atoms with Crippen LogP contribution in [0.2, 0.25) is 15.1 Å². The van der Waals surface area contributed by atoms with Gasteiger partial charge >= 0.3 is 5.97 Å². The number of fused-ring (bicyclic) bond motifs is 1. The van der Waals surface area contributed by atoms with E-state index in [1.165, 1.54) is 11.8 Å². The number of hydrogen-bond acceptors (Lipinski definition) is 8. The van der Waals surface area contributed by atoms with Crippen molar-refractivity contribution in [2.75, 3.05) is 18.5 Å². The van der Waals surface area contributed by atoms with Gasteiger partial charge in [0.15, 0.2) is 11.5 Å². The van der Waals surface area contributed by atoms with E-state index in [0.717, 1.165) is 29.5 Å². The lowest BCUT2D eigenvalue weighted by molar-refractivity contribution is -0.139. The highest BCUT2D eigenvalue weighted by molar-refractivity contribution is 7.98. The molecule has 0 amide bonds. The lowest BCUT2D eigenvalue weighted by Gasteiger charge is -2.28. The van der Waals surface area contributed by atoms with Crippen LogP contribution < -0.4 is 14.8 Å². The fourth-order valence-corrected chi connectivity index (χ4v) is 6.36. The highest BCUT2D eigenvalue weighted by atomic mass is 35.5. The summed E-state index contributed by atoms with van der Waals surface area (Å²) in [6.45, 7) is 6.74. The summed E-state index contributed by atoms with van der Waals surface area (Å²) < 4.78 is 19.6. The second-order valence-electron chi connectivity index (χ2n) is 10.3. The number of esters is 1. The zero-order valence-electron chi connectivity index (χ0n) is 25.1. The number of ether oxygens (including phenoxy) is 3. The summed E-state index contributed by atoms with van der Waals surface area (Å²) in [5, 5.41) is 10.4. The second-order valence-corrected chi connectivity index (χ2v) is 12.5. The van der Waals surface area contributed by atoms with Gasteiger partial charge < -0.3 is 19.5 Å². The normalized spacial score (nSPS) is 14.1. The number of benzene rings is 3. The number of halogens is 3. The Balaban J connectivity index is 1.49. The molecule has 0 saturated carbocycles. The molecule has 1 aliphatic rings. The Morgan fingerprint density at radius 3 is 2.56 bits per heavy atom. The lowest BCUT2D eigenvalue weighted by atomic mass is 9.95. The van der Waals surface area contributed by atoms with Crippen molar-refractivity contribution in [1.29, 1.82) is 0 Å². The van der Waals surface area contributed by atoms with E-state index in [1.807, 2.05) is 69.3 Å². The number of nitrogens with one attached hydrogen (secondary N) is 1. The van der Waals surface area contributed by atoms with Crippen LogP contribution in [-0.4, -0.2) is 33.9 Å². The molecule has 0 bridgehead atoms. The van der Waals surface area contributed by atoms with E-state index in [9.17, 15) is 4.79 Å². The largest absolute Gasteiger partial charge is 0.490 e. The molecule has 1 N–H and O–H groups in total. The summed E-state index contributed by atoms with van der Waals surface area (Å²) in [5.41, 5.74) is 3.60. The molecule has 0 spiro atoms. The molecule has 1 atom stereocenters. The first-order chi connectivity index (χ1) is 21.8. The van der Waals surface area contributed by atoms with Crippen LogP contribution >= 0.6 is 46.6 Å². The molecule has 12 heteroatoms. The van der Waals surface area contributed by atoms with Gasteiger partial charge in [0, 0.05) is 32.1 Å². The Hall–Kier alpha value is -3.37. The topological polar surface area (TPSA) is 87.5 Å². The average molecular weight is 688 g/mol. The molecule has 236 valence electrons. The highest BCUT2D eigenvalue weighted by Gasteiger charge is 2.36. The maximum Gasteiger partial charge on any atom is 0.338 e. The minimum absolute atomic E-state index is 0.218. The SMILES string of the molecule is CCCCOC(=O)C1=C(C)Nc2nc(SCc3ccccc3Cl)nn2C1c1ccc(OCc2ccc(Cl)cc2Cl)c(OCC)c1. The molecule has 0 radical (unpaired) electrons. The van der Waals surface area contributed by atoms with Gasteiger partial charge in [0.05, 0.1) is 18.8 Å². The molecule has 2 heterocycles. The molecule has 8 nitrogen and oxygen atoms in total. The van der Waals surface area contributed by atoms with Gasteiger partial charge in [-0.25, -0.2) is 9.48 Å². The lowest BCUT2D eigenvalue weighted by Crippen LogP contribution is -2.30. The number of rotatable bonds is 13. The monoisotopic (exact) mass is 686 g/mol. The molecule has 1 aliphatic heterocycles. The Morgan fingerprint density at radius 2 is 1.80 bits per heavy atom. The zero-order chi connectivity index (χ0) is 31.9. The van der Waals surface area contributed by atoms with E-state index in [2.05, 4.69) is 5.32 Å². The summed E-state index contributed by atoms with van der Waals surface area (Å²) in [6, 6.07) is 17.9. The third-order valence-electron chi connectivity index (χ3n) is 7.08. The number of hydrogen-bond donors (Lipinski definition) is 1. The van der Waals surface area contributed by atoms with Crippen LogP contribution in [0.15, 0.2) is 77.1 Å². The Bertz CT molecular complexity index is 1710. The third-order valence-corrected chi connectivity index (χ3v) is 8.92. The Morgan fingerprint density at radius 1 is 0.978 bits per heavy atom. The van der Waals surface area contributed by atoms with Crippen LogP contribution in [0.25, 0.3) is 0 Å². The number of thioether (sulfide) groups is 1. The van der Waals surface area contributed by atoms with Crippen LogP contribution in [0.5, 0.6) is 11.5 Å². The number of carbonyl (C=O) groups excluding carboxylic acids is 1. The van der Waals surface area contributed by atoms with Gasteiger partial charge in [-0.05, 0) is 61.7 Å². The first kappa shape index (κ1) is 33.0. The minimum Gasteiger partial charge on any atom is -0.490 e. The second kappa shape index (κ2) is 15.3. The maximum absolute atomic E-state index is 13.5. The van der Waals surface area contributed by atoms with Gasteiger partial charge in [-0.1, -0.05) is 90.2 Å². The summed E-state index contributed by atoms with van der Waals surface area (Å²) >= 11 is 20.3. The predicted molar refractivity (Wildman–Crippen MR) is 180 cm³/mol.